The Labute approximate surface area is 194 Å². The highest BCUT2D eigenvalue weighted by Crippen LogP contribution is 2.33. The molecule has 3 aromatic rings. The molecule has 4 rings (SSSR count). The van der Waals surface area contributed by atoms with Crippen LogP contribution in [-0.2, 0) is 4.79 Å². The van der Waals surface area contributed by atoms with Crippen LogP contribution in [-0.4, -0.2) is 40.5 Å². The number of nitrogens with one attached hydrogen (secondary N) is 2. The Balaban J connectivity index is 1.66. The number of carbonyl (C=O) groups excluding carboxylic acids is 1. The summed E-state index contributed by atoms with van der Waals surface area (Å²) >= 11 is 6.14. The van der Waals surface area contributed by atoms with E-state index >= 15 is 0 Å². The van der Waals surface area contributed by atoms with Crippen molar-refractivity contribution in [3.63, 3.8) is 0 Å². The number of carboxylic acid groups (broad SMARTS) is 1. The normalized spacial score (nSPS) is 14.5. The van der Waals surface area contributed by atoms with Crippen LogP contribution in [0.1, 0.15) is 28.9 Å². The van der Waals surface area contributed by atoms with Crippen molar-refractivity contribution in [1.82, 2.24) is 9.78 Å². The first-order valence-corrected chi connectivity index (χ1v) is 10.5. The van der Waals surface area contributed by atoms with Gasteiger partial charge in [-0.1, -0.05) is 23.7 Å². The molecule has 1 aliphatic heterocycles. The number of allylic oxidation sites excluding steroid dienone is 1. The molecule has 0 unspecified atom stereocenters. The van der Waals surface area contributed by atoms with E-state index in [1.807, 2.05) is 19.1 Å². The highest BCUT2D eigenvalue weighted by Gasteiger charge is 2.29. The molecule has 0 fully saturated rings. The van der Waals surface area contributed by atoms with E-state index in [1.54, 1.807) is 41.1 Å². The van der Waals surface area contributed by atoms with Gasteiger partial charge < -0.3 is 25.2 Å². The summed E-state index contributed by atoms with van der Waals surface area (Å²) in [6.07, 6.45) is 2.94. The summed E-state index contributed by atoms with van der Waals surface area (Å²) in [5.74, 6) is -0.162. The van der Waals surface area contributed by atoms with Crippen LogP contribution >= 0.6 is 11.6 Å². The lowest BCUT2D eigenvalue weighted by Crippen LogP contribution is -2.25. The van der Waals surface area contributed by atoms with Gasteiger partial charge in [0.25, 0.3) is 5.91 Å². The number of amides is 1. The molecular formula is C23H21ClN4O5. The molecule has 0 saturated carbocycles. The predicted molar refractivity (Wildman–Crippen MR) is 123 cm³/mol. The third-order valence-electron chi connectivity index (χ3n) is 5.05. The molecule has 1 amide bonds. The van der Waals surface area contributed by atoms with Gasteiger partial charge >= 0.3 is 5.97 Å². The molecule has 2 aromatic carbocycles. The molecule has 1 atom stereocenters. The van der Waals surface area contributed by atoms with Gasteiger partial charge in [-0.05, 0) is 48.9 Å². The summed E-state index contributed by atoms with van der Waals surface area (Å²) in [7, 11) is 1.50. The minimum absolute atomic E-state index is 0.0524. The number of aromatic nitrogens is 2. The molecule has 0 aliphatic carbocycles. The number of halogens is 1. The maximum atomic E-state index is 13.0. The molecule has 1 aliphatic rings. The van der Waals surface area contributed by atoms with Crippen molar-refractivity contribution in [3.8, 4) is 11.5 Å². The number of fused-ring (bicyclic) bond motifs is 1. The topological polar surface area (TPSA) is 115 Å². The van der Waals surface area contributed by atoms with E-state index in [9.17, 15) is 14.7 Å². The van der Waals surface area contributed by atoms with Gasteiger partial charge in [0.15, 0.2) is 0 Å². The lowest BCUT2D eigenvalue weighted by atomic mass is 10.0. The van der Waals surface area contributed by atoms with Crippen LogP contribution in [0.3, 0.4) is 0 Å². The maximum absolute atomic E-state index is 13.0. The van der Waals surface area contributed by atoms with E-state index in [0.717, 1.165) is 5.56 Å². The van der Waals surface area contributed by atoms with Gasteiger partial charge in [-0.15, -0.1) is 0 Å². The highest BCUT2D eigenvalue weighted by atomic mass is 35.5. The van der Waals surface area contributed by atoms with Crippen molar-refractivity contribution in [2.75, 3.05) is 24.4 Å². The van der Waals surface area contributed by atoms with Gasteiger partial charge in [-0.25, -0.2) is 9.48 Å². The fourth-order valence-electron chi connectivity index (χ4n) is 3.49. The molecule has 3 N–H and O–H groups in total. The lowest BCUT2D eigenvalue weighted by Gasteiger charge is -2.24. The minimum atomic E-state index is -1.15. The molecular weight excluding hydrogens is 448 g/mol. The van der Waals surface area contributed by atoms with Crippen LogP contribution in [0.2, 0.25) is 5.02 Å². The van der Waals surface area contributed by atoms with Gasteiger partial charge in [0.2, 0.25) is 0 Å². The number of nitrogens with zero attached hydrogens (tertiary/aromatic N) is 2. The highest BCUT2D eigenvalue weighted by molar-refractivity contribution is 6.32. The summed E-state index contributed by atoms with van der Waals surface area (Å²) in [6, 6.07) is 11.6. The molecule has 0 saturated heterocycles. The molecule has 170 valence electrons. The van der Waals surface area contributed by atoms with Gasteiger partial charge in [0.05, 0.1) is 31.0 Å². The van der Waals surface area contributed by atoms with Crippen molar-refractivity contribution in [2.45, 2.75) is 13.0 Å². The summed E-state index contributed by atoms with van der Waals surface area (Å²) in [4.78, 5) is 24.8. The number of benzene rings is 2. The number of carboxylic acids is 1. The Hall–Kier alpha value is -3.98. The number of ether oxygens (including phenoxy) is 2. The number of rotatable bonds is 7. The van der Waals surface area contributed by atoms with Gasteiger partial charge in [-0.3, -0.25) is 4.79 Å². The average Bonchev–Trinajstić information content (AvgIpc) is 3.23. The number of carbonyl (C=O) groups is 2. The predicted octanol–water partition coefficient (Wildman–Crippen LogP) is 4.18. The van der Waals surface area contributed by atoms with Crippen LogP contribution in [0.25, 0.3) is 0 Å². The SMILES string of the molecule is CCOc1ccc([C@H]2C=C(C(=O)O)Nc3c(C(=O)Nc4ccc(OC)c(Cl)c4)cnn32)cc1. The Kier molecular flexibility index (Phi) is 6.23. The smallest absolute Gasteiger partial charge is 0.352 e. The number of anilines is 2. The van der Waals surface area contributed by atoms with Crippen molar-refractivity contribution >= 4 is 35.0 Å². The third kappa shape index (κ3) is 4.49. The van der Waals surface area contributed by atoms with Crippen molar-refractivity contribution < 1.29 is 24.2 Å². The van der Waals surface area contributed by atoms with Crippen LogP contribution < -0.4 is 20.1 Å². The van der Waals surface area contributed by atoms with E-state index in [0.29, 0.717) is 28.8 Å². The molecule has 0 radical (unpaired) electrons. The fraction of sp³-hybridized carbons (Fsp3) is 0.174. The summed E-state index contributed by atoms with van der Waals surface area (Å²) < 4.78 is 12.2. The third-order valence-corrected chi connectivity index (χ3v) is 5.35. The second-order valence-electron chi connectivity index (χ2n) is 7.11. The fourth-order valence-corrected chi connectivity index (χ4v) is 3.75. The van der Waals surface area contributed by atoms with E-state index in [-0.39, 0.29) is 17.1 Å². The average molecular weight is 469 g/mol. The largest absolute Gasteiger partial charge is 0.495 e. The van der Waals surface area contributed by atoms with Crippen LogP contribution in [0.4, 0.5) is 11.5 Å². The van der Waals surface area contributed by atoms with Gasteiger partial charge in [0.1, 0.15) is 28.6 Å². The molecule has 33 heavy (non-hydrogen) atoms. The van der Waals surface area contributed by atoms with E-state index in [4.69, 9.17) is 21.1 Å². The van der Waals surface area contributed by atoms with Gasteiger partial charge in [0, 0.05) is 5.69 Å². The summed E-state index contributed by atoms with van der Waals surface area (Å²) in [5.41, 5.74) is 1.38. The minimum Gasteiger partial charge on any atom is -0.495 e. The van der Waals surface area contributed by atoms with E-state index < -0.39 is 17.9 Å². The Morgan fingerprint density at radius 2 is 2.00 bits per heavy atom. The van der Waals surface area contributed by atoms with Crippen molar-refractivity contribution in [3.05, 3.63) is 76.6 Å². The molecule has 0 bridgehead atoms. The zero-order valence-electron chi connectivity index (χ0n) is 17.8. The molecule has 9 nitrogen and oxygen atoms in total. The maximum Gasteiger partial charge on any atom is 0.352 e. The second kappa shape index (κ2) is 9.25. The zero-order chi connectivity index (χ0) is 23.5. The Morgan fingerprint density at radius 3 is 2.64 bits per heavy atom. The van der Waals surface area contributed by atoms with Crippen molar-refractivity contribution in [2.24, 2.45) is 0 Å². The first-order valence-electron chi connectivity index (χ1n) is 10.1. The number of aliphatic carboxylic acids is 1. The van der Waals surface area contributed by atoms with Crippen LogP contribution in [0, 0.1) is 0 Å². The number of hydrogen-bond donors (Lipinski definition) is 3. The zero-order valence-corrected chi connectivity index (χ0v) is 18.6. The Bertz CT molecular complexity index is 1240. The van der Waals surface area contributed by atoms with Crippen LogP contribution in [0.15, 0.2) is 60.4 Å². The first kappa shape index (κ1) is 22.2. The molecule has 10 heteroatoms. The number of methoxy groups -OCH3 is 1. The number of hydrogen-bond acceptors (Lipinski definition) is 6. The van der Waals surface area contributed by atoms with E-state index in [1.165, 1.54) is 13.3 Å². The standard InChI is InChI=1S/C23H21ClN4O5/c1-3-33-15-7-4-13(5-8-15)19-11-18(23(30)31)27-21-16(12-25-28(19)21)22(29)26-14-6-9-20(32-2)17(24)10-14/h4-12,19,27H,3H2,1-2H3,(H,26,29)(H,30,31)/t19-/m1/s1. The van der Waals surface area contributed by atoms with Crippen LogP contribution in [0.5, 0.6) is 11.5 Å². The van der Waals surface area contributed by atoms with Gasteiger partial charge in [-0.2, -0.15) is 5.10 Å². The monoisotopic (exact) mass is 468 g/mol. The first-order chi connectivity index (χ1) is 15.9. The summed E-state index contributed by atoms with van der Waals surface area (Å²) in [5, 5.41) is 19.9. The summed E-state index contributed by atoms with van der Waals surface area (Å²) in [6.45, 7) is 2.43. The van der Waals surface area contributed by atoms with E-state index in [2.05, 4.69) is 15.7 Å². The quantitative estimate of drug-likeness (QED) is 0.476. The molecule has 2 heterocycles. The molecule has 1 aromatic heterocycles. The second-order valence-corrected chi connectivity index (χ2v) is 7.52. The Morgan fingerprint density at radius 1 is 1.24 bits per heavy atom. The lowest BCUT2D eigenvalue weighted by molar-refractivity contribution is -0.132. The van der Waals surface area contributed by atoms with Crippen molar-refractivity contribution in [1.29, 1.82) is 0 Å². The molecule has 0 spiro atoms.